The zero-order valence-electron chi connectivity index (χ0n) is 10.7. The maximum absolute atomic E-state index is 12.4. The summed E-state index contributed by atoms with van der Waals surface area (Å²) < 4.78 is 3.64. The summed E-state index contributed by atoms with van der Waals surface area (Å²) in [5.41, 5.74) is 0.249. The molecule has 100 valence electrons. The molecule has 3 aromatic rings. The van der Waals surface area contributed by atoms with Crippen LogP contribution in [0.15, 0.2) is 21.0 Å². The smallest absolute Gasteiger partial charge is 0.276 e. The Morgan fingerprint density at radius 2 is 2.21 bits per heavy atom. The molecule has 0 amide bonds. The van der Waals surface area contributed by atoms with Crippen molar-refractivity contribution in [1.29, 1.82) is 0 Å². The molecule has 6 nitrogen and oxygen atoms in total. The lowest BCUT2D eigenvalue weighted by atomic mass is 10.1. The third-order valence-corrected chi connectivity index (χ3v) is 4.04. The Morgan fingerprint density at radius 1 is 1.42 bits per heavy atom. The third kappa shape index (κ3) is 1.81. The minimum absolute atomic E-state index is 0.0721. The summed E-state index contributed by atoms with van der Waals surface area (Å²) in [5, 5.41) is 8.21. The molecule has 0 aliphatic heterocycles. The lowest BCUT2D eigenvalue weighted by Crippen LogP contribution is -2.25. The summed E-state index contributed by atoms with van der Waals surface area (Å²) in [4.78, 5) is 24.3. The Balaban J connectivity index is 2.37. The topological polar surface area (TPSA) is 72.2 Å². The molecule has 0 fully saturated rings. The molecule has 1 N–H and O–H groups in total. The zero-order valence-corrected chi connectivity index (χ0v) is 11.5. The number of H-pyrrole nitrogens is 1. The fourth-order valence-electron chi connectivity index (χ4n) is 2.13. The van der Waals surface area contributed by atoms with Crippen molar-refractivity contribution in [1.82, 2.24) is 19.2 Å². The molecule has 0 aromatic carbocycles. The average Bonchev–Trinajstić information content (AvgIpc) is 2.95. The van der Waals surface area contributed by atoms with Crippen molar-refractivity contribution in [3.63, 3.8) is 0 Å². The molecular formula is C12H14N4O2S. The summed E-state index contributed by atoms with van der Waals surface area (Å²) in [7, 11) is 0. The van der Waals surface area contributed by atoms with Gasteiger partial charge >= 0.3 is 5.69 Å². The van der Waals surface area contributed by atoms with Crippen molar-refractivity contribution in [3.8, 4) is 0 Å². The minimum atomic E-state index is -0.309. The molecule has 0 unspecified atom stereocenters. The van der Waals surface area contributed by atoms with Crippen LogP contribution in [0.1, 0.15) is 20.3 Å². The van der Waals surface area contributed by atoms with Crippen molar-refractivity contribution >= 4 is 27.3 Å². The molecular weight excluding hydrogens is 264 g/mol. The van der Waals surface area contributed by atoms with Gasteiger partial charge in [-0.1, -0.05) is 13.8 Å². The fourth-order valence-corrected chi connectivity index (χ4v) is 2.95. The van der Waals surface area contributed by atoms with Gasteiger partial charge in [-0.2, -0.15) is 0 Å². The molecule has 3 aromatic heterocycles. The van der Waals surface area contributed by atoms with Crippen LogP contribution in [0.5, 0.6) is 0 Å². The van der Waals surface area contributed by atoms with E-state index in [0.29, 0.717) is 28.5 Å². The number of fused-ring (bicyclic) bond motifs is 3. The van der Waals surface area contributed by atoms with Gasteiger partial charge in [0.15, 0.2) is 0 Å². The summed E-state index contributed by atoms with van der Waals surface area (Å²) in [6, 6.07) is 1.78. The lowest BCUT2D eigenvalue weighted by molar-refractivity contribution is 0.513. The second-order valence-electron chi connectivity index (χ2n) is 4.94. The van der Waals surface area contributed by atoms with Crippen LogP contribution in [0.2, 0.25) is 0 Å². The van der Waals surface area contributed by atoms with Gasteiger partial charge in [-0.05, 0) is 23.8 Å². The number of thiophene rings is 1. The monoisotopic (exact) mass is 278 g/mol. The highest BCUT2D eigenvalue weighted by Crippen LogP contribution is 2.17. The van der Waals surface area contributed by atoms with Crippen LogP contribution >= 0.6 is 11.3 Å². The van der Waals surface area contributed by atoms with Gasteiger partial charge in [-0.25, -0.2) is 14.3 Å². The molecule has 0 saturated carbocycles. The standard InChI is InChI=1S/C12H14N4O2S/c1-7(2)3-5-15-10(17)9-8(4-6-19-9)16-11(15)13-14-12(16)18/h4,6-7H,3,5H2,1-2H3,(H,14,18). The maximum atomic E-state index is 12.4. The van der Waals surface area contributed by atoms with E-state index in [4.69, 9.17) is 0 Å². The predicted molar refractivity (Wildman–Crippen MR) is 74.9 cm³/mol. The van der Waals surface area contributed by atoms with Gasteiger partial charge in [0.25, 0.3) is 5.56 Å². The second kappa shape index (κ2) is 4.34. The number of nitrogens with zero attached hydrogens (tertiary/aromatic N) is 3. The normalized spacial score (nSPS) is 11.9. The quantitative estimate of drug-likeness (QED) is 0.788. The second-order valence-corrected chi connectivity index (χ2v) is 5.85. The number of aromatic nitrogens is 4. The number of nitrogens with one attached hydrogen (secondary N) is 1. The number of rotatable bonds is 3. The van der Waals surface area contributed by atoms with Gasteiger partial charge < -0.3 is 0 Å². The lowest BCUT2D eigenvalue weighted by Gasteiger charge is -2.09. The SMILES string of the molecule is CC(C)CCn1c(=O)c2sccc2n2c(=O)[nH]nc12. The first-order chi connectivity index (χ1) is 9.09. The largest absolute Gasteiger partial charge is 0.349 e. The number of hydrogen-bond acceptors (Lipinski definition) is 4. The van der Waals surface area contributed by atoms with E-state index in [1.165, 1.54) is 15.7 Å². The van der Waals surface area contributed by atoms with Gasteiger partial charge in [0.05, 0.1) is 5.52 Å². The van der Waals surface area contributed by atoms with Crippen molar-refractivity contribution in [2.75, 3.05) is 0 Å². The molecule has 7 heteroatoms. The van der Waals surface area contributed by atoms with E-state index in [1.54, 1.807) is 10.6 Å². The maximum Gasteiger partial charge on any atom is 0.349 e. The highest BCUT2D eigenvalue weighted by atomic mass is 32.1. The van der Waals surface area contributed by atoms with E-state index in [9.17, 15) is 9.59 Å². The third-order valence-electron chi connectivity index (χ3n) is 3.15. The van der Waals surface area contributed by atoms with Crippen LogP contribution < -0.4 is 11.2 Å². The Labute approximate surface area is 112 Å². The zero-order chi connectivity index (χ0) is 13.6. The van der Waals surface area contributed by atoms with E-state index < -0.39 is 0 Å². The Morgan fingerprint density at radius 3 is 2.95 bits per heavy atom. The van der Waals surface area contributed by atoms with Gasteiger partial charge in [0.2, 0.25) is 5.78 Å². The summed E-state index contributed by atoms with van der Waals surface area (Å²) >= 11 is 1.35. The average molecular weight is 278 g/mol. The first kappa shape index (κ1) is 12.2. The van der Waals surface area contributed by atoms with Crippen LogP contribution in [0.4, 0.5) is 0 Å². The number of aromatic amines is 1. The minimum Gasteiger partial charge on any atom is -0.276 e. The fraction of sp³-hybridized carbons (Fsp3) is 0.417. The van der Waals surface area contributed by atoms with Crippen LogP contribution in [0.25, 0.3) is 16.0 Å². The molecule has 19 heavy (non-hydrogen) atoms. The van der Waals surface area contributed by atoms with E-state index in [0.717, 1.165) is 6.42 Å². The van der Waals surface area contributed by atoms with E-state index in [-0.39, 0.29) is 11.2 Å². The molecule has 0 spiro atoms. The Kier molecular flexibility index (Phi) is 2.78. The summed E-state index contributed by atoms with van der Waals surface area (Å²) in [6.07, 6.45) is 0.869. The van der Waals surface area contributed by atoms with Crippen molar-refractivity contribution in [2.24, 2.45) is 5.92 Å². The molecule has 0 atom stereocenters. The molecule has 3 rings (SSSR count). The van der Waals surface area contributed by atoms with Gasteiger partial charge in [-0.3, -0.25) is 9.36 Å². The summed E-state index contributed by atoms with van der Waals surface area (Å²) in [5.74, 6) is 0.873. The molecule has 0 saturated heterocycles. The first-order valence-corrected chi connectivity index (χ1v) is 7.04. The molecule has 3 heterocycles. The Bertz CT molecular complexity index is 852. The van der Waals surface area contributed by atoms with Crippen molar-refractivity contribution < 1.29 is 0 Å². The number of hydrogen-bond donors (Lipinski definition) is 1. The van der Waals surface area contributed by atoms with Crippen LogP contribution in [0.3, 0.4) is 0 Å². The van der Waals surface area contributed by atoms with E-state index in [2.05, 4.69) is 24.0 Å². The van der Waals surface area contributed by atoms with Crippen molar-refractivity contribution in [3.05, 3.63) is 32.3 Å². The molecule has 0 bridgehead atoms. The first-order valence-electron chi connectivity index (χ1n) is 6.16. The highest BCUT2D eigenvalue weighted by molar-refractivity contribution is 7.17. The molecule has 0 radical (unpaired) electrons. The van der Waals surface area contributed by atoms with Crippen LogP contribution in [-0.2, 0) is 6.54 Å². The van der Waals surface area contributed by atoms with Gasteiger partial charge in [0, 0.05) is 6.54 Å². The van der Waals surface area contributed by atoms with Crippen molar-refractivity contribution in [2.45, 2.75) is 26.8 Å². The van der Waals surface area contributed by atoms with E-state index >= 15 is 0 Å². The van der Waals surface area contributed by atoms with Gasteiger partial charge in [-0.15, -0.1) is 16.4 Å². The highest BCUT2D eigenvalue weighted by Gasteiger charge is 2.15. The summed E-state index contributed by atoms with van der Waals surface area (Å²) in [6.45, 7) is 4.77. The predicted octanol–water partition coefficient (Wildman–Crippen LogP) is 1.45. The Hall–Kier alpha value is -1.89. The van der Waals surface area contributed by atoms with Crippen LogP contribution in [0, 0.1) is 5.92 Å². The molecule has 0 aliphatic rings. The van der Waals surface area contributed by atoms with Crippen LogP contribution in [-0.4, -0.2) is 19.2 Å². The molecule has 0 aliphatic carbocycles. The van der Waals surface area contributed by atoms with E-state index in [1.807, 2.05) is 5.38 Å². The number of aryl methyl sites for hydroxylation is 1. The van der Waals surface area contributed by atoms with Gasteiger partial charge in [0.1, 0.15) is 4.70 Å².